The molecule has 7 heteroatoms. The van der Waals surface area contributed by atoms with Crippen LogP contribution < -0.4 is 0 Å². The molecule has 0 saturated heterocycles. The molecule has 0 aliphatic carbocycles. The minimum atomic E-state index is -0.576. The van der Waals surface area contributed by atoms with Crippen LogP contribution in [-0.2, 0) is 6.54 Å². The van der Waals surface area contributed by atoms with Crippen molar-refractivity contribution >= 4 is 11.6 Å². The van der Waals surface area contributed by atoms with Gasteiger partial charge in [-0.05, 0) is 12.1 Å². The average molecular weight is 261 g/mol. The molecule has 0 unspecified atom stereocenters. The van der Waals surface area contributed by atoms with E-state index in [1.165, 1.54) is 10.8 Å². The van der Waals surface area contributed by atoms with Gasteiger partial charge in [0, 0.05) is 6.20 Å². The van der Waals surface area contributed by atoms with E-state index in [9.17, 15) is 8.78 Å². The lowest BCUT2D eigenvalue weighted by atomic mass is 10.2. The van der Waals surface area contributed by atoms with Gasteiger partial charge in [0.25, 0.3) is 0 Å². The Bertz CT molecular complexity index is 624. The van der Waals surface area contributed by atoms with Gasteiger partial charge in [0.15, 0.2) is 11.6 Å². The molecule has 0 fully saturated rings. The summed E-state index contributed by atoms with van der Waals surface area (Å²) in [6.45, 7) is -0.361. The van der Waals surface area contributed by atoms with Crippen molar-refractivity contribution in [1.29, 1.82) is 5.26 Å². The highest BCUT2D eigenvalue weighted by molar-refractivity contribution is 5.86. The molecule has 0 amide bonds. The fourth-order valence-corrected chi connectivity index (χ4v) is 1.41. The SMILES string of the molecule is N#C/C(=C\c1ccn(CCF)n1)c1ncc(F)cn1. The minimum absolute atomic E-state index is 0.115. The van der Waals surface area contributed by atoms with E-state index < -0.39 is 12.5 Å². The number of hydrogen-bond donors (Lipinski definition) is 0. The highest BCUT2D eigenvalue weighted by Crippen LogP contribution is 2.12. The molecule has 0 aliphatic heterocycles. The quantitative estimate of drug-likeness (QED) is 0.788. The summed E-state index contributed by atoms with van der Waals surface area (Å²) in [7, 11) is 0. The molecule has 5 nitrogen and oxygen atoms in total. The number of allylic oxidation sites excluding steroid dienone is 1. The largest absolute Gasteiger partial charge is 0.270 e. The fourth-order valence-electron chi connectivity index (χ4n) is 1.41. The Morgan fingerprint density at radius 2 is 2.16 bits per heavy atom. The summed E-state index contributed by atoms with van der Waals surface area (Å²) in [5.41, 5.74) is 0.642. The van der Waals surface area contributed by atoms with Gasteiger partial charge in [-0.3, -0.25) is 4.68 Å². The third-order valence-corrected chi connectivity index (χ3v) is 2.25. The second kappa shape index (κ2) is 5.82. The predicted molar refractivity (Wildman–Crippen MR) is 63.7 cm³/mol. The van der Waals surface area contributed by atoms with Crippen LogP contribution in [0, 0.1) is 17.1 Å². The molecule has 2 rings (SSSR count). The monoisotopic (exact) mass is 261 g/mol. The molecule has 19 heavy (non-hydrogen) atoms. The molecule has 96 valence electrons. The van der Waals surface area contributed by atoms with Crippen LogP contribution in [0.25, 0.3) is 11.6 Å². The third-order valence-electron chi connectivity index (χ3n) is 2.25. The summed E-state index contributed by atoms with van der Waals surface area (Å²) in [6.07, 6.45) is 5.03. The third kappa shape index (κ3) is 3.19. The number of aryl methyl sites for hydroxylation is 1. The zero-order valence-electron chi connectivity index (χ0n) is 9.79. The van der Waals surface area contributed by atoms with Crippen molar-refractivity contribution in [1.82, 2.24) is 19.7 Å². The van der Waals surface area contributed by atoms with Crippen LogP contribution in [0.4, 0.5) is 8.78 Å². The van der Waals surface area contributed by atoms with Crippen molar-refractivity contribution in [2.45, 2.75) is 6.54 Å². The van der Waals surface area contributed by atoms with Crippen LogP contribution in [0.5, 0.6) is 0 Å². The van der Waals surface area contributed by atoms with E-state index in [1.54, 1.807) is 12.3 Å². The number of aromatic nitrogens is 4. The van der Waals surface area contributed by atoms with Crippen LogP contribution in [0.15, 0.2) is 24.7 Å². The molecule has 0 aromatic carbocycles. The van der Waals surface area contributed by atoms with Gasteiger partial charge in [0.1, 0.15) is 12.7 Å². The highest BCUT2D eigenvalue weighted by atomic mass is 19.1. The molecule has 2 aromatic rings. The van der Waals surface area contributed by atoms with Crippen LogP contribution in [0.3, 0.4) is 0 Å². The van der Waals surface area contributed by atoms with Crippen molar-refractivity contribution in [3.8, 4) is 6.07 Å². The number of nitrogens with zero attached hydrogens (tertiary/aromatic N) is 5. The Labute approximate surface area is 107 Å². The van der Waals surface area contributed by atoms with Crippen molar-refractivity contribution in [3.05, 3.63) is 42.0 Å². The standard InChI is InChI=1S/C12H9F2N5/c13-2-4-19-3-1-11(18-19)5-9(6-15)12-16-7-10(14)8-17-12/h1,3,5,7-8H,2,4H2/b9-5+. The Morgan fingerprint density at radius 3 is 2.79 bits per heavy atom. The van der Waals surface area contributed by atoms with E-state index in [0.29, 0.717) is 5.69 Å². The van der Waals surface area contributed by atoms with E-state index in [1.807, 2.05) is 6.07 Å². The molecule has 0 bridgehead atoms. The van der Waals surface area contributed by atoms with Gasteiger partial charge in [-0.15, -0.1) is 0 Å². The molecule has 0 aliphatic rings. The van der Waals surface area contributed by atoms with Gasteiger partial charge in [-0.2, -0.15) is 10.4 Å². The van der Waals surface area contributed by atoms with Crippen molar-refractivity contribution in [2.24, 2.45) is 0 Å². The maximum Gasteiger partial charge on any atom is 0.170 e. The van der Waals surface area contributed by atoms with Gasteiger partial charge in [-0.25, -0.2) is 18.7 Å². The first-order valence-corrected chi connectivity index (χ1v) is 5.42. The van der Waals surface area contributed by atoms with Gasteiger partial charge in [0.2, 0.25) is 0 Å². The molecule has 2 heterocycles. The summed E-state index contributed by atoms with van der Waals surface area (Å²) < 4.78 is 26.2. The van der Waals surface area contributed by atoms with E-state index in [4.69, 9.17) is 5.26 Å². The molecular formula is C12H9F2N5. The zero-order valence-corrected chi connectivity index (χ0v) is 9.79. The highest BCUT2D eigenvalue weighted by Gasteiger charge is 2.06. The maximum absolute atomic E-state index is 12.7. The second-order valence-corrected chi connectivity index (χ2v) is 3.59. The van der Waals surface area contributed by atoms with Gasteiger partial charge < -0.3 is 0 Å². The number of halogens is 2. The van der Waals surface area contributed by atoms with Crippen LogP contribution in [0.2, 0.25) is 0 Å². The first-order chi connectivity index (χ1) is 9.22. The van der Waals surface area contributed by atoms with E-state index >= 15 is 0 Å². The Hall–Kier alpha value is -2.62. The summed E-state index contributed by atoms with van der Waals surface area (Å²) in [5.74, 6) is -0.461. The average Bonchev–Trinajstić information content (AvgIpc) is 2.85. The Kier molecular flexibility index (Phi) is 3.93. The number of nitriles is 1. The van der Waals surface area contributed by atoms with E-state index in [0.717, 1.165) is 12.4 Å². The topological polar surface area (TPSA) is 67.4 Å². The van der Waals surface area contributed by atoms with Gasteiger partial charge in [-0.1, -0.05) is 0 Å². The first-order valence-electron chi connectivity index (χ1n) is 5.42. The summed E-state index contributed by atoms with van der Waals surface area (Å²) >= 11 is 0. The normalized spacial score (nSPS) is 11.3. The van der Waals surface area contributed by atoms with E-state index in [-0.39, 0.29) is 17.9 Å². The number of hydrogen-bond acceptors (Lipinski definition) is 4. The lowest BCUT2D eigenvalue weighted by Crippen LogP contribution is -2.00. The summed E-state index contributed by atoms with van der Waals surface area (Å²) in [5, 5.41) is 13.1. The maximum atomic E-state index is 12.7. The molecule has 0 spiro atoms. The Balaban J connectivity index is 2.28. The van der Waals surface area contributed by atoms with Gasteiger partial charge >= 0.3 is 0 Å². The molecular weight excluding hydrogens is 252 g/mol. The van der Waals surface area contributed by atoms with Crippen LogP contribution in [-0.4, -0.2) is 26.4 Å². The molecule has 0 radical (unpaired) electrons. The van der Waals surface area contributed by atoms with Gasteiger partial charge in [0.05, 0.1) is 30.2 Å². The van der Waals surface area contributed by atoms with Crippen molar-refractivity contribution in [3.63, 3.8) is 0 Å². The summed E-state index contributed by atoms with van der Waals surface area (Å²) in [4.78, 5) is 7.43. The lowest BCUT2D eigenvalue weighted by Gasteiger charge is -1.96. The summed E-state index contributed by atoms with van der Waals surface area (Å²) in [6, 6.07) is 3.55. The first kappa shape index (κ1) is 12.8. The van der Waals surface area contributed by atoms with Crippen molar-refractivity contribution < 1.29 is 8.78 Å². The lowest BCUT2D eigenvalue weighted by molar-refractivity contribution is 0.427. The Morgan fingerprint density at radius 1 is 1.42 bits per heavy atom. The second-order valence-electron chi connectivity index (χ2n) is 3.59. The van der Waals surface area contributed by atoms with E-state index in [2.05, 4.69) is 15.1 Å². The van der Waals surface area contributed by atoms with Crippen LogP contribution >= 0.6 is 0 Å². The molecule has 0 saturated carbocycles. The number of alkyl halides is 1. The predicted octanol–water partition coefficient (Wildman–Crippen LogP) is 1.85. The van der Waals surface area contributed by atoms with Crippen molar-refractivity contribution in [2.75, 3.05) is 6.67 Å². The van der Waals surface area contributed by atoms with Crippen LogP contribution in [0.1, 0.15) is 11.5 Å². The molecule has 0 atom stereocenters. The zero-order chi connectivity index (χ0) is 13.7. The minimum Gasteiger partial charge on any atom is -0.270 e. The molecule has 2 aromatic heterocycles. The smallest absolute Gasteiger partial charge is 0.170 e. The fraction of sp³-hybridized carbons (Fsp3) is 0.167. The number of rotatable bonds is 4. The molecule has 0 N–H and O–H groups in total.